The molecule has 28 heavy (non-hydrogen) atoms. The largest absolute Gasteiger partial charge is 0.134 e. The van der Waals surface area contributed by atoms with Gasteiger partial charge < -0.3 is 0 Å². The second kappa shape index (κ2) is 10.0. The van der Waals surface area contributed by atoms with E-state index in [1.54, 1.807) is 0 Å². The molecule has 0 N–H and O–H groups in total. The topological polar surface area (TPSA) is 0 Å². The van der Waals surface area contributed by atoms with Crippen LogP contribution in [0.3, 0.4) is 0 Å². The van der Waals surface area contributed by atoms with Crippen LogP contribution in [0.1, 0.15) is 26.7 Å². The lowest BCUT2D eigenvalue weighted by molar-refractivity contribution is 1.11. The van der Waals surface area contributed by atoms with Gasteiger partial charge in [-0.1, -0.05) is 13.8 Å². The van der Waals surface area contributed by atoms with E-state index in [1.165, 1.54) is 62.0 Å². The molecule has 6 heteroatoms. The molecule has 0 saturated heterocycles. The van der Waals surface area contributed by atoms with Crippen LogP contribution in [0.4, 0.5) is 0 Å². The molecular weight excluding hydrogens is 457 g/mol. The highest BCUT2D eigenvalue weighted by atomic mass is 32.2. The van der Waals surface area contributed by atoms with E-state index in [0.29, 0.717) is 0 Å². The number of hydrogen-bond acceptors (Lipinski definition) is 6. The average Bonchev–Trinajstić information content (AvgIpc) is 3.49. The van der Waals surface area contributed by atoms with Crippen LogP contribution in [-0.4, -0.2) is 11.5 Å². The van der Waals surface area contributed by atoms with E-state index in [0.717, 1.165) is 0 Å². The minimum absolute atomic E-state index is 1.20. The highest BCUT2D eigenvalue weighted by Crippen LogP contribution is 2.44. The lowest BCUT2D eigenvalue weighted by Crippen LogP contribution is -1.68. The van der Waals surface area contributed by atoms with Crippen molar-refractivity contribution < 1.29 is 0 Å². The van der Waals surface area contributed by atoms with E-state index < -0.39 is 0 Å². The fourth-order valence-corrected chi connectivity index (χ4v) is 9.08. The molecular formula is C22H22S6. The number of thioether (sulfide) groups is 2. The minimum atomic E-state index is 1.20. The van der Waals surface area contributed by atoms with Crippen molar-refractivity contribution in [1.29, 1.82) is 0 Å². The molecule has 4 aromatic heterocycles. The maximum absolute atomic E-state index is 2.28. The van der Waals surface area contributed by atoms with Gasteiger partial charge in [-0.15, -0.1) is 68.9 Å². The van der Waals surface area contributed by atoms with Gasteiger partial charge >= 0.3 is 0 Å². The highest BCUT2D eigenvalue weighted by Gasteiger charge is 2.12. The summed E-state index contributed by atoms with van der Waals surface area (Å²) in [6.45, 7) is 4.48. The molecule has 4 aromatic rings. The lowest BCUT2D eigenvalue weighted by atomic mass is 10.3. The predicted octanol–water partition coefficient (Wildman–Crippen LogP) is 9.94. The zero-order valence-corrected chi connectivity index (χ0v) is 20.8. The fraction of sp³-hybridized carbons (Fsp3) is 0.273. The molecule has 0 unspecified atom stereocenters. The van der Waals surface area contributed by atoms with Crippen molar-refractivity contribution >= 4 is 68.9 Å². The maximum Gasteiger partial charge on any atom is 0.0605 e. The summed E-state index contributed by atoms with van der Waals surface area (Å²) in [5.41, 5.74) is 0. The molecule has 146 valence electrons. The summed E-state index contributed by atoms with van der Waals surface area (Å²) < 4.78 is 2.86. The average molecular weight is 479 g/mol. The summed E-state index contributed by atoms with van der Waals surface area (Å²) >= 11 is 11.6. The molecule has 0 amide bonds. The van der Waals surface area contributed by atoms with E-state index in [4.69, 9.17) is 0 Å². The molecule has 0 radical (unpaired) electrons. The summed E-state index contributed by atoms with van der Waals surface area (Å²) in [4.78, 5) is 8.30. The first-order valence-corrected chi connectivity index (χ1v) is 14.7. The normalized spacial score (nSPS) is 11.4. The summed E-state index contributed by atoms with van der Waals surface area (Å²) in [5, 5.41) is 0. The smallest absolute Gasteiger partial charge is 0.0605 e. The second-order valence-electron chi connectivity index (χ2n) is 6.26. The number of thiophene rings is 4. The molecule has 4 rings (SSSR count). The Morgan fingerprint density at radius 1 is 0.500 bits per heavy atom. The van der Waals surface area contributed by atoms with E-state index >= 15 is 0 Å². The molecule has 0 fully saturated rings. The van der Waals surface area contributed by atoms with Gasteiger partial charge in [-0.05, 0) is 72.9 Å². The van der Waals surface area contributed by atoms with Crippen LogP contribution < -0.4 is 0 Å². The van der Waals surface area contributed by atoms with Gasteiger partial charge in [0.05, 0.1) is 8.42 Å². The zero-order valence-electron chi connectivity index (χ0n) is 15.9. The molecule has 0 spiro atoms. The molecule has 0 atom stereocenters. The third-order valence-corrected chi connectivity index (χ3v) is 11.8. The van der Waals surface area contributed by atoms with Crippen LogP contribution in [0.25, 0.3) is 29.3 Å². The van der Waals surface area contributed by atoms with Gasteiger partial charge in [0, 0.05) is 29.3 Å². The Morgan fingerprint density at radius 2 is 0.821 bits per heavy atom. The Balaban J connectivity index is 1.49. The van der Waals surface area contributed by atoms with Gasteiger partial charge in [-0.3, -0.25) is 0 Å². The van der Waals surface area contributed by atoms with Crippen molar-refractivity contribution in [2.45, 2.75) is 35.1 Å². The van der Waals surface area contributed by atoms with Gasteiger partial charge in [0.1, 0.15) is 0 Å². The van der Waals surface area contributed by atoms with E-state index in [-0.39, 0.29) is 0 Å². The van der Waals surface area contributed by atoms with Gasteiger partial charge in [0.2, 0.25) is 0 Å². The number of hydrogen-bond donors (Lipinski definition) is 0. The monoisotopic (exact) mass is 478 g/mol. The first-order chi connectivity index (χ1) is 13.8. The molecule has 0 bridgehead atoms. The summed E-state index contributed by atoms with van der Waals surface area (Å²) in [6.07, 6.45) is 2.45. The van der Waals surface area contributed by atoms with Crippen LogP contribution in [0.5, 0.6) is 0 Å². The fourth-order valence-electron chi connectivity index (χ4n) is 2.67. The highest BCUT2D eigenvalue weighted by molar-refractivity contribution is 8.01. The Bertz CT molecular complexity index is 933. The maximum atomic E-state index is 2.28. The first-order valence-electron chi connectivity index (χ1n) is 9.43. The van der Waals surface area contributed by atoms with Gasteiger partial charge in [0.25, 0.3) is 0 Å². The number of rotatable bonds is 9. The Morgan fingerprint density at radius 3 is 1.18 bits per heavy atom. The zero-order chi connectivity index (χ0) is 19.3. The first kappa shape index (κ1) is 20.8. The summed E-state index contributed by atoms with van der Waals surface area (Å²) in [7, 11) is 0. The van der Waals surface area contributed by atoms with Crippen molar-refractivity contribution in [3.8, 4) is 29.3 Å². The molecule has 0 aromatic carbocycles. The summed E-state index contributed by atoms with van der Waals surface area (Å²) in [6, 6.07) is 18.2. The SMILES string of the molecule is CCCSc1ccc(-c2ccc(-c3ccc(-c4ccc(SCCC)s4)s3)s2)s1. The van der Waals surface area contributed by atoms with Crippen LogP contribution in [0.15, 0.2) is 56.9 Å². The van der Waals surface area contributed by atoms with E-state index in [9.17, 15) is 0 Å². The quantitative estimate of drug-likeness (QED) is 0.219. The van der Waals surface area contributed by atoms with Crippen LogP contribution in [0, 0.1) is 0 Å². The molecule has 0 nitrogen and oxygen atoms in total. The standard InChI is InChI=1S/C22H22S6/c1-3-13-23-21-11-9-19(27-21)17-7-5-15(25-17)16-6-8-18(26-16)20-10-12-22(28-20)24-14-4-2/h5-12H,3-4,13-14H2,1-2H3. The molecule has 4 heterocycles. The van der Waals surface area contributed by atoms with Crippen LogP contribution in [0.2, 0.25) is 0 Å². The van der Waals surface area contributed by atoms with Gasteiger partial charge in [-0.25, -0.2) is 0 Å². The van der Waals surface area contributed by atoms with E-state index in [1.807, 2.05) is 68.9 Å². The third kappa shape index (κ3) is 4.97. The molecule has 0 aliphatic rings. The van der Waals surface area contributed by atoms with Crippen molar-refractivity contribution in [2.75, 3.05) is 11.5 Å². The van der Waals surface area contributed by atoms with Crippen LogP contribution >= 0.6 is 68.9 Å². The van der Waals surface area contributed by atoms with Crippen molar-refractivity contribution in [3.63, 3.8) is 0 Å². The van der Waals surface area contributed by atoms with Gasteiger partial charge in [0.15, 0.2) is 0 Å². The Kier molecular flexibility index (Phi) is 7.42. The van der Waals surface area contributed by atoms with Crippen molar-refractivity contribution in [1.82, 2.24) is 0 Å². The van der Waals surface area contributed by atoms with Gasteiger partial charge in [-0.2, -0.15) is 0 Å². The minimum Gasteiger partial charge on any atom is -0.134 e. The second-order valence-corrected chi connectivity index (χ2v) is 13.4. The van der Waals surface area contributed by atoms with Crippen molar-refractivity contribution in [3.05, 3.63) is 48.5 Å². The molecule has 0 saturated carbocycles. The lowest BCUT2D eigenvalue weighted by Gasteiger charge is -1.94. The Hall–Kier alpha value is -0.500. The molecule has 0 aliphatic carbocycles. The molecule has 0 aliphatic heterocycles. The van der Waals surface area contributed by atoms with Crippen molar-refractivity contribution in [2.24, 2.45) is 0 Å². The predicted molar refractivity (Wildman–Crippen MR) is 136 cm³/mol. The Labute approximate surface area is 192 Å². The third-order valence-electron chi connectivity index (χ3n) is 4.00. The summed E-state index contributed by atoms with van der Waals surface area (Å²) in [5.74, 6) is 2.41. The van der Waals surface area contributed by atoms with E-state index in [2.05, 4.69) is 62.4 Å². The van der Waals surface area contributed by atoms with Crippen LogP contribution in [-0.2, 0) is 0 Å².